The Morgan fingerprint density at radius 1 is 1.29 bits per heavy atom. The minimum Gasteiger partial charge on any atom is -0.462 e. The van der Waals surface area contributed by atoms with Crippen LogP contribution >= 0.6 is 31.9 Å². The van der Waals surface area contributed by atoms with Crippen LogP contribution in [0.4, 0.5) is 0 Å². The zero-order valence-electron chi connectivity index (χ0n) is 8.30. The van der Waals surface area contributed by atoms with Crippen molar-refractivity contribution in [1.82, 2.24) is 4.98 Å². The third-order valence-electron chi connectivity index (χ3n) is 1.02. The van der Waals surface area contributed by atoms with Crippen molar-refractivity contribution in [1.29, 1.82) is 0 Å². The van der Waals surface area contributed by atoms with Crippen molar-refractivity contribution in [2.75, 3.05) is 0 Å². The number of aromatic amines is 1. The lowest BCUT2D eigenvalue weighted by Crippen LogP contribution is -2.17. The maximum absolute atomic E-state index is 9.60. The number of ether oxygens (including phenoxy) is 1. The predicted octanol–water partition coefficient (Wildman–Crippen LogP) is 3.50. The van der Waals surface area contributed by atoms with Crippen LogP contribution in [-0.2, 0) is 9.53 Å². The molecular formula is C9H13Br2NO2. The summed E-state index contributed by atoms with van der Waals surface area (Å²) in [6.07, 6.45) is 0. The summed E-state index contributed by atoms with van der Waals surface area (Å²) in [5.74, 6) is 0. The van der Waals surface area contributed by atoms with Crippen molar-refractivity contribution in [3.8, 4) is 0 Å². The third kappa shape index (κ3) is 8.31. The fourth-order valence-corrected chi connectivity index (χ4v) is 1.45. The lowest BCUT2D eigenvalue weighted by atomic mass is 10.2. The van der Waals surface area contributed by atoms with Gasteiger partial charge in [-0.25, -0.2) is 0 Å². The third-order valence-corrected chi connectivity index (χ3v) is 1.94. The average molecular weight is 327 g/mol. The first-order chi connectivity index (χ1) is 6.35. The molecule has 0 bridgehead atoms. The molecule has 1 N–H and O–H groups in total. The van der Waals surface area contributed by atoms with Gasteiger partial charge < -0.3 is 9.72 Å². The second-order valence-corrected chi connectivity index (χ2v) is 5.19. The van der Waals surface area contributed by atoms with Crippen molar-refractivity contribution in [3.63, 3.8) is 0 Å². The molecule has 0 saturated carbocycles. The standard InChI is InChI=1S/C5H10O2.C4H3Br2N/c1-5(2,3)7-4-6;5-3-1-2-4(6)7-3/h4H,1-3H3;1-2,7H. The molecule has 0 aliphatic carbocycles. The van der Waals surface area contributed by atoms with Crippen LogP contribution in [0.1, 0.15) is 20.8 Å². The zero-order chi connectivity index (χ0) is 11.2. The van der Waals surface area contributed by atoms with E-state index in [9.17, 15) is 4.79 Å². The molecule has 0 spiro atoms. The molecule has 0 saturated heterocycles. The molecule has 0 aromatic carbocycles. The number of hydrogen-bond donors (Lipinski definition) is 1. The zero-order valence-corrected chi connectivity index (χ0v) is 11.5. The molecule has 0 radical (unpaired) electrons. The van der Waals surface area contributed by atoms with E-state index in [-0.39, 0.29) is 5.60 Å². The van der Waals surface area contributed by atoms with Gasteiger partial charge in [0.1, 0.15) is 5.60 Å². The Hall–Kier alpha value is -0.290. The highest BCUT2D eigenvalue weighted by Crippen LogP contribution is 2.12. The van der Waals surface area contributed by atoms with Crippen molar-refractivity contribution in [2.24, 2.45) is 0 Å². The summed E-state index contributed by atoms with van der Waals surface area (Å²) < 4.78 is 6.55. The molecule has 1 aromatic rings. The summed E-state index contributed by atoms with van der Waals surface area (Å²) in [4.78, 5) is 12.6. The van der Waals surface area contributed by atoms with E-state index >= 15 is 0 Å². The Balaban J connectivity index is 0.000000241. The Bertz CT molecular complexity index is 262. The first-order valence-electron chi connectivity index (χ1n) is 3.96. The van der Waals surface area contributed by atoms with Crippen molar-refractivity contribution >= 4 is 38.3 Å². The number of hydrogen-bond acceptors (Lipinski definition) is 2. The highest BCUT2D eigenvalue weighted by molar-refractivity contribution is 9.11. The van der Waals surface area contributed by atoms with E-state index in [2.05, 4.69) is 41.6 Å². The van der Waals surface area contributed by atoms with Gasteiger partial charge in [0.15, 0.2) is 0 Å². The van der Waals surface area contributed by atoms with Crippen LogP contribution in [0, 0.1) is 0 Å². The van der Waals surface area contributed by atoms with Gasteiger partial charge >= 0.3 is 0 Å². The van der Waals surface area contributed by atoms with Crippen molar-refractivity contribution < 1.29 is 9.53 Å². The Labute approximate surface area is 100 Å². The van der Waals surface area contributed by atoms with Crippen molar-refractivity contribution in [3.05, 3.63) is 21.3 Å². The summed E-state index contributed by atoms with van der Waals surface area (Å²) >= 11 is 6.49. The van der Waals surface area contributed by atoms with E-state index in [1.165, 1.54) is 0 Å². The number of aromatic nitrogens is 1. The fourth-order valence-electron chi connectivity index (χ4n) is 0.488. The molecule has 1 rings (SSSR count). The minimum absolute atomic E-state index is 0.318. The number of carbonyl (C=O) groups is 1. The van der Waals surface area contributed by atoms with Gasteiger partial charge in [-0.1, -0.05) is 0 Å². The molecule has 1 aromatic heterocycles. The highest BCUT2D eigenvalue weighted by atomic mass is 79.9. The van der Waals surface area contributed by atoms with Crippen LogP contribution in [-0.4, -0.2) is 17.1 Å². The fraction of sp³-hybridized carbons (Fsp3) is 0.444. The SMILES string of the molecule is Brc1ccc(Br)[nH]1.CC(C)(C)OC=O. The van der Waals surface area contributed by atoms with Gasteiger partial charge in [-0.15, -0.1) is 0 Å². The van der Waals surface area contributed by atoms with E-state index in [4.69, 9.17) is 0 Å². The monoisotopic (exact) mass is 325 g/mol. The van der Waals surface area contributed by atoms with Gasteiger partial charge in [0, 0.05) is 0 Å². The van der Waals surface area contributed by atoms with Crippen LogP contribution in [0.2, 0.25) is 0 Å². The van der Waals surface area contributed by atoms with Gasteiger partial charge in [0.05, 0.1) is 9.21 Å². The Morgan fingerprint density at radius 2 is 1.71 bits per heavy atom. The Morgan fingerprint density at radius 3 is 1.79 bits per heavy atom. The van der Waals surface area contributed by atoms with E-state index in [1.54, 1.807) is 0 Å². The summed E-state index contributed by atoms with van der Waals surface area (Å²) in [5.41, 5.74) is -0.318. The van der Waals surface area contributed by atoms with Crippen LogP contribution < -0.4 is 0 Å². The predicted molar refractivity (Wildman–Crippen MR) is 63.1 cm³/mol. The van der Waals surface area contributed by atoms with Gasteiger partial charge in [-0.05, 0) is 64.8 Å². The first kappa shape index (κ1) is 13.7. The molecule has 0 aliphatic rings. The van der Waals surface area contributed by atoms with E-state index in [1.807, 2.05) is 32.9 Å². The lowest BCUT2D eigenvalue weighted by Gasteiger charge is -2.14. The van der Waals surface area contributed by atoms with E-state index in [0.29, 0.717) is 6.47 Å². The van der Waals surface area contributed by atoms with E-state index < -0.39 is 0 Å². The highest BCUT2D eigenvalue weighted by Gasteiger charge is 2.07. The minimum atomic E-state index is -0.318. The number of H-pyrrole nitrogens is 1. The molecule has 0 fully saturated rings. The molecule has 3 nitrogen and oxygen atoms in total. The lowest BCUT2D eigenvalue weighted by molar-refractivity contribution is -0.138. The van der Waals surface area contributed by atoms with Gasteiger partial charge in [-0.3, -0.25) is 4.79 Å². The second kappa shape index (κ2) is 6.24. The van der Waals surface area contributed by atoms with Crippen LogP contribution in [0.5, 0.6) is 0 Å². The maximum Gasteiger partial charge on any atom is 0.293 e. The van der Waals surface area contributed by atoms with Crippen LogP contribution in [0.3, 0.4) is 0 Å². The normalized spacial score (nSPS) is 10.1. The summed E-state index contributed by atoms with van der Waals surface area (Å²) in [6.45, 7) is 5.92. The quantitative estimate of drug-likeness (QED) is 0.802. The van der Waals surface area contributed by atoms with Crippen molar-refractivity contribution in [2.45, 2.75) is 26.4 Å². The van der Waals surface area contributed by atoms with Crippen LogP contribution in [0.15, 0.2) is 21.3 Å². The molecule has 0 atom stereocenters. The van der Waals surface area contributed by atoms with Crippen LogP contribution in [0.25, 0.3) is 0 Å². The Kier molecular flexibility index (Phi) is 6.11. The number of halogens is 2. The van der Waals surface area contributed by atoms with Gasteiger partial charge in [0.25, 0.3) is 6.47 Å². The second-order valence-electron chi connectivity index (χ2n) is 3.48. The first-order valence-corrected chi connectivity index (χ1v) is 5.55. The van der Waals surface area contributed by atoms with E-state index in [0.717, 1.165) is 9.21 Å². The number of rotatable bonds is 1. The van der Waals surface area contributed by atoms with Gasteiger partial charge in [0.2, 0.25) is 0 Å². The number of carbonyl (C=O) groups excluding carboxylic acids is 1. The molecule has 5 heteroatoms. The summed E-state index contributed by atoms with van der Waals surface area (Å²) in [5, 5.41) is 0. The maximum atomic E-state index is 9.60. The smallest absolute Gasteiger partial charge is 0.293 e. The molecule has 80 valence electrons. The molecular weight excluding hydrogens is 314 g/mol. The summed E-state index contributed by atoms with van der Waals surface area (Å²) in [7, 11) is 0. The number of nitrogens with one attached hydrogen (secondary N) is 1. The largest absolute Gasteiger partial charge is 0.462 e. The topological polar surface area (TPSA) is 42.1 Å². The molecule has 0 aliphatic heterocycles. The molecule has 14 heavy (non-hydrogen) atoms. The average Bonchev–Trinajstić information content (AvgIpc) is 2.33. The molecule has 0 amide bonds. The molecule has 1 heterocycles. The summed E-state index contributed by atoms with van der Waals surface area (Å²) in [6, 6.07) is 3.87. The van der Waals surface area contributed by atoms with Gasteiger partial charge in [-0.2, -0.15) is 0 Å². The molecule has 0 unspecified atom stereocenters.